The minimum atomic E-state index is 0.0295. The first kappa shape index (κ1) is 19.8. The Morgan fingerprint density at radius 1 is 0.939 bits per heavy atom. The summed E-state index contributed by atoms with van der Waals surface area (Å²) < 4.78 is 7.55. The molecule has 9 nitrogen and oxygen atoms in total. The summed E-state index contributed by atoms with van der Waals surface area (Å²) in [4.78, 5) is 35.4. The predicted octanol–water partition coefficient (Wildman–Crippen LogP) is 2.51. The maximum atomic E-state index is 12.6. The second-order valence-corrected chi connectivity index (χ2v) is 8.41. The lowest BCUT2D eigenvalue weighted by molar-refractivity contribution is 0.0816. The van der Waals surface area contributed by atoms with Crippen molar-refractivity contribution in [2.75, 3.05) is 38.3 Å². The van der Waals surface area contributed by atoms with Gasteiger partial charge >= 0.3 is 0 Å². The third-order valence-electron chi connectivity index (χ3n) is 6.30. The number of aryl methyl sites for hydroxylation is 1. The maximum absolute atomic E-state index is 12.6. The van der Waals surface area contributed by atoms with Gasteiger partial charge in [-0.25, -0.2) is 15.0 Å². The second kappa shape index (κ2) is 7.63. The van der Waals surface area contributed by atoms with Crippen LogP contribution in [-0.4, -0.2) is 68.7 Å². The molecule has 9 heteroatoms. The Labute approximate surface area is 190 Å². The quantitative estimate of drug-likeness (QED) is 0.483. The van der Waals surface area contributed by atoms with E-state index in [2.05, 4.69) is 9.88 Å². The smallest absolute Gasteiger partial charge is 0.254 e. The number of rotatable bonds is 3. The van der Waals surface area contributed by atoms with Gasteiger partial charge in [-0.1, -0.05) is 12.1 Å². The first-order valence-corrected chi connectivity index (χ1v) is 11.0. The third-order valence-corrected chi connectivity index (χ3v) is 6.30. The fourth-order valence-electron chi connectivity index (χ4n) is 4.52. The fourth-order valence-corrected chi connectivity index (χ4v) is 4.52. The minimum Gasteiger partial charge on any atom is -0.378 e. The van der Waals surface area contributed by atoms with Crippen molar-refractivity contribution in [3.8, 4) is 22.8 Å². The van der Waals surface area contributed by atoms with Crippen LogP contribution in [0.3, 0.4) is 0 Å². The summed E-state index contributed by atoms with van der Waals surface area (Å²) in [6.07, 6.45) is 3.51. The van der Waals surface area contributed by atoms with Crippen LogP contribution in [0.5, 0.6) is 0 Å². The number of hydrogen-bond donors (Lipinski definition) is 0. The number of ether oxygens (including phenoxy) is 1. The summed E-state index contributed by atoms with van der Waals surface area (Å²) in [7, 11) is 3.78. The Kier molecular flexibility index (Phi) is 4.58. The zero-order valence-corrected chi connectivity index (χ0v) is 18.5. The van der Waals surface area contributed by atoms with E-state index in [0.717, 1.165) is 52.6 Å². The van der Waals surface area contributed by atoms with Gasteiger partial charge in [-0.3, -0.25) is 9.78 Å². The first-order chi connectivity index (χ1) is 16.1. The Bertz CT molecular complexity index is 1380. The van der Waals surface area contributed by atoms with Crippen LogP contribution >= 0.6 is 0 Å². The first-order valence-electron chi connectivity index (χ1n) is 11.0. The number of carbonyl (C=O) groups is 1. The number of fused-ring (bicyclic) bond motifs is 2. The number of imidazole rings is 1. The van der Waals surface area contributed by atoms with Crippen molar-refractivity contribution in [1.29, 1.82) is 0 Å². The number of aromatic nitrogens is 5. The molecule has 0 atom stereocenters. The molecule has 0 saturated carbocycles. The monoisotopic (exact) mass is 441 g/mol. The number of benzene rings is 1. The number of hydrogen-bond acceptors (Lipinski definition) is 7. The number of pyridine rings is 1. The molecular weight excluding hydrogens is 418 g/mol. The highest BCUT2D eigenvalue weighted by atomic mass is 16.5. The van der Waals surface area contributed by atoms with Crippen LogP contribution in [0.4, 0.5) is 5.82 Å². The summed E-state index contributed by atoms with van der Waals surface area (Å²) in [5.74, 6) is 2.21. The highest BCUT2D eigenvalue weighted by Gasteiger charge is 2.26. The molecule has 1 saturated heterocycles. The summed E-state index contributed by atoms with van der Waals surface area (Å²) in [5, 5.41) is 0. The van der Waals surface area contributed by atoms with Gasteiger partial charge in [0.05, 0.1) is 13.2 Å². The Hall–Kier alpha value is -3.85. The average molecular weight is 441 g/mol. The van der Waals surface area contributed by atoms with E-state index >= 15 is 0 Å². The summed E-state index contributed by atoms with van der Waals surface area (Å²) in [5.41, 5.74) is 5.03. The van der Waals surface area contributed by atoms with Crippen LogP contribution in [0.2, 0.25) is 0 Å². The zero-order valence-electron chi connectivity index (χ0n) is 18.5. The molecule has 2 aliphatic rings. The van der Waals surface area contributed by atoms with Crippen LogP contribution in [0.15, 0.2) is 42.7 Å². The number of anilines is 1. The zero-order chi connectivity index (χ0) is 22.5. The number of nitrogens with zero attached hydrogens (tertiary/aromatic N) is 7. The van der Waals surface area contributed by atoms with Crippen LogP contribution in [0.25, 0.3) is 33.9 Å². The van der Waals surface area contributed by atoms with E-state index < -0.39 is 0 Å². The molecular formula is C24H23N7O2. The van der Waals surface area contributed by atoms with E-state index in [1.165, 1.54) is 0 Å². The molecule has 0 N–H and O–H groups in total. The van der Waals surface area contributed by atoms with Crippen molar-refractivity contribution in [3.63, 3.8) is 0 Å². The Morgan fingerprint density at radius 2 is 1.73 bits per heavy atom. The second-order valence-electron chi connectivity index (χ2n) is 8.41. The van der Waals surface area contributed by atoms with Gasteiger partial charge in [-0.15, -0.1) is 0 Å². The molecule has 33 heavy (non-hydrogen) atoms. The van der Waals surface area contributed by atoms with Gasteiger partial charge in [0.25, 0.3) is 5.91 Å². The Balaban J connectivity index is 1.55. The SMILES string of the molecule is CN1Cc2ccc(-c3nc(N4CCOCC4)c4nc(-c5ccncc5)n(C)c4n3)cc2C1=O. The molecule has 2 aliphatic heterocycles. The summed E-state index contributed by atoms with van der Waals surface area (Å²) in [6, 6.07) is 9.78. The standard InChI is InChI=1S/C24H23N7O2/c1-29-14-17-4-3-16(13-18(17)24(29)32)20-27-22-19(23(28-20)31-9-11-33-12-10-31)26-21(30(22)2)15-5-7-25-8-6-15/h3-8,13H,9-12,14H2,1-2H3. The van der Waals surface area contributed by atoms with Crippen LogP contribution in [0, 0.1) is 0 Å². The van der Waals surface area contributed by atoms with E-state index in [1.807, 2.05) is 49.0 Å². The van der Waals surface area contributed by atoms with Crippen LogP contribution in [-0.2, 0) is 18.3 Å². The van der Waals surface area contributed by atoms with Crippen molar-refractivity contribution < 1.29 is 9.53 Å². The van der Waals surface area contributed by atoms with Crippen molar-refractivity contribution in [2.45, 2.75) is 6.54 Å². The normalized spacial score (nSPS) is 16.0. The predicted molar refractivity (Wildman–Crippen MR) is 124 cm³/mol. The molecule has 1 fully saturated rings. The molecule has 0 spiro atoms. The van der Waals surface area contributed by atoms with Crippen molar-refractivity contribution >= 4 is 22.9 Å². The number of morpholine rings is 1. The third kappa shape index (κ3) is 3.23. The van der Waals surface area contributed by atoms with Crippen molar-refractivity contribution in [3.05, 3.63) is 53.9 Å². The minimum absolute atomic E-state index is 0.0295. The van der Waals surface area contributed by atoms with E-state index in [4.69, 9.17) is 19.7 Å². The van der Waals surface area contributed by atoms with Crippen molar-refractivity contribution in [1.82, 2.24) is 29.4 Å². The van der Waals surface area contributed by atoms with E-state index in [1.54, 1.807) is 17.3 Å². The van der Waals surface area contributed by atoms with Gasteiger partial charge in [0.1, 0.15) is 5.82 Å². The molecule has 6 rings (SSSR count). The summed E-state index contributed by atoms with van der Waals surface area (Å²) in [6.45, 7) is 3.39. The Morgan fingerprint density at radius 3 is 2.52 bits per heavy atom. The molecule has 5 heterocycles. The molecule has 3 aromatic heterocycles. The lowest BCUT2D eigenvalue weighted by atomic mass is 10.1. The average Bonchev–Trinajstić information content (AvgIpc) is 3.35. The van der Waals surface area contributed by atoms with Crippen LogP contribution < -0.4 is 4.90 Å². The largest absolute Gasteiger partial charge is 0.378 e. The molecule has 1 aromatic carbocycles. The molecule has 0 radical (unpaired) electrons. The van der Waals surface area contributed by atoms with E-state index in [0.29, 0.717) is 31.1 Å². The molecule has 0 bridgehead atoms. The number of carbonyl (C=O) groups excluding carboxylic acids is 1. The maximum Gasteiger partial charge on any atom is 0.254 e. The molecule has 166 valence electrons. The van der Waals surface area contributed by atoms with Gasteiger partial charge in [-0.05, 0) is 23.8 Å². The fraction of sp³-hybridized carbons (Fsp3) is 0.292. The van der Waals surface area contributed by atoms with E-state index in [-0.39, 0.29) is 5.91 Å². The lowest BCUT2D eigenvalue weighted by Crippen LogP contribution is -2.37. The highest BCUT2D eigenvalue weighted by Crippen LogP contribution is 2.32. The van der Waals surface area contributed by atoms with Gasteiger partial charge in [0.2, 0.25) is 0 Å². The van der Waals surface area contributed by atoms with Gasteiger partial charge in [-0.2, -0.15) is 0 Å². The van der Waals surface area contributed by atoms with E-state index in [9.17, 15) is 4.79 Å². The van der Waals surface area contributed by atoms with Gasteiger partial charge < -0.3 is 19.1 Å². The molecule has 0 unspecified atom stereocenters. The summed E-state index contributed by atoms with van der Waals surface area (Å²) >= 11 is 0. The van der Waals surface area contributed by atoms with Crippen LogP contribution in [0.1, 0.15) is 15.9 Å². The van der Waals surface area contributed by atoms with Crippen molar-refractivity contribution in [2.24, 2.45) is 7.05 Å². The van der Waals surface area contributed by atoms with Gasteiger partial charge in [0.15, 0.2) is 22.8 Å². The molecule has 0 aliphatic carbocycles. The topological polar surface area (TPSA) is 89.3 Å². The van der Waals surface area contributed by atoms with Gasteiger partial charge in [0, 0.05) is 62.8 Å². The lowest BCUT2D eigenvalue weighted by Gasteiger charge is -2.28. The highest BCUT2D eigenvalue weighted by molar-refractivity contribution is 5.99. The number of amides is 1. The molecule has 1 amide bonds. The molecule has 4 aromatic rings.